The van der Waals surface area contributed by atoms with Gasteiger partial charge < -0.3 is 20.7 Å². The second kappa shape index (κ2) is 6.53. The van der Waals surface area contributed by atoms with Crippen LogP contribution in [-0.4, -0.2) is 38.3 Å². The molecule has 5 nitrogen and oxygen atoms in total. The second-order valence-electron chi connectivity index (χ2n) is 5.11. The normalized spacial score (nSPS) is 17.2. The van der Waals surface area contributed by atoms with E-state index in [4.69, 9.17) is 10.5 Å². The highest BCUT2D eigenvalue weighted by molar-refractivity contribution is 5.97. The molecular formula is C14H18F3N3O2. The quantitative estimate of drug-likeness (QED) is 0.892. The van der Waals surface area contributed by atoms with Gasteiger partial charge in [0.05, 0.1) is 36.2 Å². The molecule has 2 rings (SSSR count). The van der Waals surface area contributed by atoms with E-state index in [0.29, 0.717) is 32.0 Å². The summed E-state index contributed by atoms with van der Waals surface area (Å²) in [5.41, 5.74) is 5.30. The van der Waals surface area contributed by atoms with Crippen molar-refractivity contribution in [2.75, 3.05) is 36.5 Å². The lowest BCUT2D eigenvalue weighted by atomic mass is 10.1. The molecule has 3 N–H and O–H groups in total. The van der Waals surface area contributed by atoms with Crippen LogP contribution in [0.25, 0.3) is 0 Å². The van der Waals surface area contributed by atoms with Crippen LogP contribution in [0.2, 0.25) is 0 Å². The van der Waals surface area contributed by atoms with Gasteiger partial charge in [-0.3, -0.25) is 4.79 Å². The number of alkyl halides is 3. The van der Waals surface area contributed by atoms with Crippen LogP contribution in [0.3, 0.4) is 0 Å². The Hall–Kier alpha value is -1.80. The zero-order valence-electron chi connectivity index (χ0n) is 12.1. The van der Waals surface area contributed by atoms with Crippen LogP contribution in [0, 0.1) is 0 Å². The van der Waals surface area contributed by atoms with Crippen molar-refractivity contribution >= 4 is 17.3 Å². The molecule has 22 heavy (non-hydrogen) atoms. The molecule has 1 aliphatic rings. The number of carbonyl (C=O) groups is 1. The first-order valence-electron chi connectivity index (χ1n) is 6.89. The van der Waals surface area contributed by atoms with E-state index >= 15 is 0 Å². The maximum absolute atomic E-state index is 12.9. The number of nitrogens with zero attached hydrogens (tertiary/aromatic N) is 1. The summed E-state index contributed by atoms with van der Waals surface area (Å²) in [5, 5.41) is 2.47. The van der Waals surface area contributed by atoms with Gasteiger partial charge in [-0.15, -0.1) is 0 Å². The van der Waals surface area contributed by atoms with Crippen molar-refractivity contribution in [3.63, 3.8) is 0 Å². The highest BCUT2D eigenvalue weighted by Gasteiger charge is 2.32. The second-order valence-corrected chi connectivity index (χ2v) is 5.11. The highest BCUT2D eigenvalue weighted by atomic mass is 19.4. The summed E-state index contributed by atoms with van der Waals surface area (Å²) in [6.45, 7) is 3.54. The Bertz CT molecular complexity index is 541. The number of morpholine rings is 1. The van der Waals surface area contributed by atoms with Gasteiger partial charge in [-0.25, -0.2) is 0 Å². The SMILES string of the molecule is C[C@H](N)C(=O)Nc1cc(C(F)(F)F)ccc1N1CCOCC1. The molecule has 0 saturated carbocycles. The van der Waals surface area contributed by atoms with Crippen molar-refractivity contribution in [1.82, 2.24) is 0 Å². The van der Waals surface area contributed by atoms with Crippen LogP contribution >= 0.6 is 0 Å². The average molecular weight is 317 g/mol. The molecule has 0 spiro atoms. The first-order chi connectivity index (χ1) is 10.3. The van der Waals surface area contributed by atoms with E-state index in [2.05, 4.69) is 5.32 Å². The van der Waals surface area contributed by atoms with Crippen LogP contribution < -0.4 is 16.0 Å². The lowest BCUT2D eigenvalue weighted by molar-refractivity contribution is -0.137. The summed E-state index contributed by atoms with van der Waals surface area (Å²) in [6, 6.07) is 2.49. The van der Waals surface area contributed by atoms with E-state index in [1.54, 1.807) is 0 Å². The van der Waals surface area contributed by atoms with Gasteiger partial charge in [0.1, 0.15) is 0 Å². The van der Waals surface area contributed by atoms with Gasteiger partial charge in [0.15, 0.2) is 0 Å². The summed E-state index contributed by atoms with van der Waals surface area (Å²) in [6.07, 6.45) is -4.47. The van der Waals surface area contributed by atoms with Crippen molar-refractivity contribution < 1.29 is 22.7 Å². The van der Waals surface area contributed by atoms with E-state index < -0.39 is 23.7 Å². The number of halogens is 3. The largest absolute Gasteiger partial charge is 0.416 e. The lowest BCUT2D eigenvalue weighted by Crippen LogP contribution is -2.38. The summed E-state index contributed by atoms with van der Waals surface area (Å²) in [4.78, 5) is 13.6. The molecule has 0 aliphatic carbocycles. The molecule has 1 heterocycles. The van der Waals surface area contributed by atoms with Gasteiger partial charge in [0, 0.05) is 13.1 Å². The number of hydrogen-bond donors (Lipinski definition) is 2. The van der Waals surface area contributed by atoms with E-state index in [0.717, 1.165) is 12.1 Å². The maximum atomic E-state index is 12.9. The summed E-state index contributed by atoms with van der Waals surface area (Å²) in [5.74, 6) is -0.533. The Labute approximate surface area is 126 Å². The molecule has 1 saturated heterocycles. The minimum Gasteiger partial charge on any atom is -0.378 e. The molecule has 1 fully saturated rings. The third kappa shape index (κ3) is 3.89. The Morgan fingerprint density at radius 2 is 2.00 bits per heavy atom. The van der Waals surface area contributed by atoms with Gasteiger partial charge >= 0.3 is 6.18 Å². The minimum atomic E-state index is -4.47. The Morgan fingerprint density at radius 1 is 1.36 bits per heavy atom. The molecule has 1 aromatic rings. The average Bonchev–Trinajstić information content (AvgIpc) is 2.47. The van der Waals surface area contributed by atoms with Crippen molar-refractivity contribution in [2.45, 2.75) is 19.1 Å². The smallest absolute Gasteiger partial charge is 0.378 e. The van der Waals surface area contributed by atoms with Crippen LogP contribution in [0.4, 0.5) is 24.5 Å². The molecule has 1 aromatic carbocycles. The number of ether oxygens (including phenoxy) is 1. The summed E-state index contributed by atoms with van der Waals surface area (Å²) < 4.78 is 43.8. The van der Waals surface area contributed by atoms with Crippen molar-refractivity contribution in [1.29, 1.82) is 0 Å². The van der Waals surface area contributed by atoms with Gasteiger partial charge in [-0.05, 0) is 25.1 Å². The highest BCUT2D eigenvalue weighted by Crippen LogP contribution is 2.35. The number of benzene rings is 1. The molecule has 0 aromatic heterocycles. The van der Waals surface area contributed by atoms with Crippen LogP contribution in [0.5, 0.6) is 0 Å². The van der Waals surface area contributed by atoms with Gasteiger partial charge in [-0.2, -0.15) is 13.2 Å². The van der Waals surface area contributed by atoms with Gasteiger partial charge in [-0.1, -0.05) is 0 Å². The fourth-order valence-electron chi connectivity index (χ4n) is 2.14. The Kier molecular flexibility index (Phi) is 4.92. The maximum Gasteiger partial charge on any atom is 0.416 e. The number of carbonyl (C=O) groups excluding carboxylic acids is 1. The molecular weight excluding hydrogens is 299 g/mol. The third-order valence-corrected chi connectivity index (χ3v) is 3.35. The number of hydrogen-bond acceptors (Lipinski definition) is 4. The molecule has 0 bridgehead atoms. The van der Waals surface area contributed by atoms with E-state index in [9.17, 15) is 18.0 Å². The number of rotatable bonds is 3. The minimum absolute atomic E-state index is 0.110. The third-order valence-electron chi connectivity index (χ3n) is 3.35. The number of nitrogens with two attached hydrogens (primary N) is 1. The van der Waals surface area contributed by atoms with Crippen LogP contribution in [-0.2, 0) is 15.7 Å². The molecule has 8 heteroatoms. The van der Waals surface area contributed by atoms with Crippen LogP contribution in [0.15, 0.2) is 18.2 Å². The fourth-order valence-corrected chi connectivity index (χ4v) is 2.14. The number of amides is 1. The number of nitrogens with one attached hydrogen (secondary N) is 1. The number of anilines is 2. The Morgan fingerprint density at radius 3 is 2.55 bits per heavy atom. The first kappa shape index (κ1) is 16.6. The predicted molar refractivity (Wildman–Crippen MR) is 76.8 cm³/mol. The monoisotopic (exact) mass is 317 g/mol. The molecule has 0 unspecified atom stereocenters. The molecule has 122 valence electrons. The summed E-state index contributed by atoms with van der Waals surface area (Å²) in [7, 11) is 0. The van der Waals surface area contributed by atoms with Crippen molar-refractivity contribution in [2.24, 2.45) is 5.73 Å². The van der Waals surface area contributed by atoms with Crippen molar-refractivity contribution in [3.05, 3.63) is 23.8 Å². The predicted octanol–water partition coefficient (Wildman–Crippen LogP) is 1.83. The van der Waals surface area contributed by atoms with E-state index in [1.807, 2.05) is 4.90 Å². The molecule has 1 aliphatic heterocycles. The fraction of sp³-hybridized carbons (Fsp3) is 0.500. The van der Waals surface area contributed by atoms with Gasteiger partial charge in [0.25, 0.3) is 0 Å². The van der Waals surface area contributed by atoms with E-state index in [1.165, 1.54) is 13.0 Å². The van der Waals surface area contributed by atoms with Gasteiger partial charge in [0.2, 0.25) is 5.91 Å². The molecule has 1 amide bonds. The molecule has 0 radical (unpaired) electrons. The zero-order valence-corrected chi connectivity index (χ0v) is 12.1. The topological polar surface area (TPSA) is 67.6 Å². The standard InChI is InChI=1S/C14H18F3N3O2/c1-9(18)13(21)19-11-8-10(14(15,16)17)2-3-12(11)20-4-6-22-7-5-20/h2-3,8-9H,4-7,18H2,1H3,(H,19,21)/t9-/m0/s1. The van der Waals surface area contributed by atoms with Crippen LogP contribution in [0.1, 0.15) is 12.5 Å². The summed E-state index contributed by atoms with van der Waals surface area (Å²) >= 11 is 0. The zero-order chi connectivity index (χ0) is 16.3. The Balaban J connectivity index is 2.36. The van der Waals surface area contributed by atoms with E-state index in [-0.39, 0.29) is 5.69 Å². The lowest BCUT2D eigenvalue weighted by Gasteiger charge is -2.31. The first-order valence-corrected chi connectivity index (χ1v) is 6.89. The molecule has 1 atom stereocenters. The van der Waals surface area contributed by atoms with Crippen molar-refractivity contribution in [3.8, 4) is 0 Å².